The van der Waals surface area contributed by atoms with Crippen molar-refractivity contribution in [2.45, 2.75) is 24.9 Å². The van der Waals surface area contributed by atoms with Gasteiger partial charge in [-0.15, -0.1) is 0 Å². The van der Waals surface area contributed by atoms with E-state index >= 15 is 0 Å². The van der Waals surface area contributed by atoms with Crippen molar-refractivity contribution in [2.75, 3.05) is 0 Å². The minimum absolute atomic E-state index is 0.0383. The maximum atomic E-state index is 13.5. The van der Waals surface area contributed by atoms with Gasteiger partial charge in [-0.3, -0.25) is 33.9 Å². The molecule has 0 saturated heterocycles. The highest BCUT2D eigenvalue weighted by Crippen LogP contribution is 2.50. The third-order valence-electron chi connectivity index (χ3n) is 7.12. The van der Waals surface area contributed by atoms with Crippen LogP contribution in [0.3, 0.4) is 0 Å². The molecule has 0 radical (unpaired) electrons. The van der Waals surface area contributed by atoms with E-state index in [4.69, 9.17) is 5.73 Å². The Morgan fingerprint density at radius 2 is 1.85 bits per heavy atom. The van der Waals surface area contributed by atoms with Crippen LogP contribution in [-0.4, -0.2) is 54.8 Å². The summed E-state index contributed by atoms with van der Waals surface area (Å²) in [5.74, 6) is -10.3. The molecule has 2 saturated carbocycles. The van der Waals surface area contributed by atoms with E-state index < -0.39 is 58.3 Å². The summed E-state index contributed by atoms with van der Waals surface area (Å²) in [6.45, 7) is 0. The molecular formula is C23H19N3O7. The summed E-state index contributed by atoms with van der Waals surface area (Å²) in [7, 11) is 0. The molecule has 33 heavy (non-hydrogen) atoms. The summed E-state index contributed by atoms with van der Waals surface area (Å²) in [5, 5.41) is 21.6. The highest BCUT2D eigenvalue weighted by atomic mass is 16.3. The number of nitrogens with two attached hydrogens (primary N) is 1. The first-order chi connectivity index (χ1) is 15.7. The maximum absolute atomic E-state index is 13.5. The SMILES string of the molecule is NC(=O)C1C(=O)C[C@@H]2C[C@@H]3Cc4c(-c5cnccn5)ccc(O)c4C(=O)C3C(=O)[C@]2(O)C1=O. The molecule has 1 aromatic carbocycles. The number of aromatic nitrogens is 2. The van der Waals surface area contributed by atoms with Gasteiger partial charge in [-0.1, -0.05) is 0 Å². The zero-order chi connectivity index (χ0) is 23.7. The van der Waals surface area contributed by atoms with Crippen LogP contribution < -0.4 is 5.73 Å². The molecule has 10 nitrogen and oxygen atoms in total. The van der Waals surface area contributed by atoms with Crippen molar-refractivity contribution < 1.29 is 34.2 Å². The Morgan fingerprint density at radius 3 is 2.52 bits per heavy atom. The lowest BCUT2D eigenvalue weighted by atomic mass is 9.53. The molecule has 1 aromatic heterocycles. The number of aliphatic hydroxyl groups is 1. The highest BCUT2D eigenvalue weighted by Gasteiger charge is 2.66. The monoisotopic (exact) mass is 449 g/mol. The van der Waals surface area contributed by atoms with Crippen LogP contribution in [0.1, 0.15) is 28.8 Å². The first-order valence-electron chi connectivity index (χ1n) is 10.4. The highest BCUT2D eigenvalue weighted by molar-refractivity contribution is 6.31. The Labute approximate surface area is 186 Å². The van der Waals surface area contributed by atoms with Crippen LogP contribution in [0.15, 0.2) is 30.7 Å². The van der Waals surface area contributed by atoms with E-state index in [1.807, 2.05) is 0 Å². The average molecular weight is 449 g/mol. The molecule has 1 heterocycles. The van der Waals surface area contributed by atoms with Gasteiger partial charge in [0.25, 0.3) is 0 Å². The van der Waals surface area contributed by atoms with Gasteiger partial charge >= 0.3 is 0 Å². The molecule has 3 aliphatic rings. The number of Topliss-reactive ketones (excluding diaryl/α,β-unsaturated/α-hetero) is 4. The molecule has 2 aromatic rings. The van der Waals surface area contributed by atoms with Gasteiger partial charge in [-0.05, 0) is 36.5 Å². The number of fused-ring (bicyclic) bond motifs is 3. The molecule has 2 fully saturated rings. The van der Waals surface area contributed by atoms with E-state index in [1.54, 1.807) is 6.07 Å². The molecular weight excluding hydrogens is 430 g/mol. The molecule has 0 bridgehead atoms. The van der Waals surface area contributed by atoms with Crippen molar-refractivity contribution in [1.29, 1.82) is 0 Å². The minimum atomic E-state index is -2.65. The third kappa shape index (κ3) is 2.80. The van der Waals surface area contributed by atoms with Crippen molar-refractivity contribution in [3.05, 3.63) is 41.9 Å². The summed E-state index contributed by atoms with van der Waals surface area (Å²) in [4.78, 5) is 72.2. The molecule has 10 heteroatoms. The molecule has 1 amide bonds. The van der Waals surface area contributed by atoms with Crippen molar-refractivity contribution in [3.63, 3.8) is 0 Å². The van der Waals surface area contributed by atoms with Crippen LogP contribution in [0.5, 0.6) is 5.75 Å². The molecule has 0 spiro atoms. The molecule has 4 N–H and O–H groups in total. The Balaban J connectivity index is 1.62. The number of carbonyl (C=O) groups is 5. The number of aromatic hydroxyl groups is 1. The topological polar surface area (TPSA) is 178 Å². The number of amides is 1. The van der Waals surface area contributed by atoms with E-state index in [-0.39, 0.29) is 30.6 Å². The van der Waals surface area contributed by atoms with Gasteiger partial charge in [-0.2, -0.15) is 0 Å². The fourth-order valence-electron chi connectivity index (χ4n) is 5.65. The summed E-state index contributed by atoms with van der Waals surface area (Å²) in [5.41, 5.74) is 3.99. The average Bonchev–Trinajstić information content (AvgIpc) is 2.76. The van der Waals surface area contributed by atoms with Crippen LogP contribution in [0.2, 0.25) is 0 Å². The van der Waals surface area contributed by atoms with Crippen molar-refractivity contribution in [3.8, 4) is 17.0 Å². The molecule has 3 aliphatic carbocycles. The van der Waals surface area contributed by atoms with Gasteiger partial charge in [0.15, 0.2) is 34.7 Å². The van der Waals surface area contributed by atoms with Gasteiger partial charge in [0.1, 0.15) is 5.75 Å². The van der Waals surface area contributed by atoms with Gasteiger partial charge in [0.2, 0.25) is 5.91 Å². The number of benzene rings is 1. The smallest absolute Gasteiger partial charge is 0.235 e. The summed E-state index contributed by atoms with van der Waals surface area (Å²) < 4.78 is 0. The first kappa shape index (κ1) is 21.1. The van der Waals surface area contributed by atoms with E-state index in [1.165, 1.54) is 24.7 Å². The molecule has 168 valence electrons. The van der Waals surface area contributed by atoms with Crippen LogP contribution in [0.25, 0.3) is 11.3 Å². The Kier molecular flexibility index (Phi) is 4.54. The third-order valence-corrected chi connectivity index (χ3v) is 7.12. The Bertz CT molecular complexity index is 1260. The number of nitrogens with zero attached hydrogens (tertiary/aromatic N) is 2. The van der Waals surface area contributed by atoms with Gasteiger partial charge in [-0.25, -0.2) is 0 Å². The van der Waals surface area contributed by atoms with Crippen LogP contribution in [-0.2, 0) is 25.6 Å². The second-order valence-electron chi connectivity index (χ2n) is 8.82. The lowest BCUT2D eigenvalue weighted by molar-refractivity contribution is -0.175. The standard InChI is InChI=1S/C23H19N3O7/c24-22(32)18-15(28)7-10-5-9-6-12-11(13-8-25-3-4-26-13)1-2-14(27)17(12)19(29)16(9)20(30)23(10,33)21(18)31/h1-4,8-10,16,18,27,33H,5-7H2,(H2,24,32)/t9-,10+,16?,18?,23+/m1/s1. The zero-order valence-corrected chi connectivity index (χ0v) is 17.2. The lowest BCUT2D eigenvalue weighted by Crippen LogP contribution is -2.68. The number of hydrogen-bond acceptors (Lipinski definition) is 9. The fraction of sp³-hybridized carbons (Fsp3) is 0.348. The number of hydrogen-bond donors (Lipinski definition) is 3. The lowest BCUT2D eigenvalue weighted by Gasteiger charge is -2.48. The second kappa shape index (κ2) is 7.11. The summed E-state index contributed by atoms with van der Waals surface area (Å²) >= 11 is 0. The van der Waals surface area contributed by atoms with E-state index in [0.717, 1.165) is 0 Å². The van der Waals surface area contributed by atoms with Crippen molar-refractivity contribution in [1.82, 2.24) is 9.97 Å². The predicted octanol–water partition coefficient (Wildman–Crippen LogP) is -0.216. The number of rotatable bonds is 2. The molecule has 5 atom stereocenters. The summed E-state index contributed by atoms with van der Waals surface area (Å²) in [6.07, 6.45) is 4.34. The van der Waals surface area contributed by atoms with Crippen LogP contribution in [0.4, 0.5) is 0 Å². The number of carbonyl (C=O) groups excluding carboxylic acids is 5. The predicted molar refractivity (Wildman–Crippen MR) is 110 cm³/mol. The summed E-state index contributed by atoms with van der Waals surface area (Å²) in [6, 6.07) is 2.93. The first-order valence-corrected chi connectivity index (χ1v) is 10.4. The van der Waals surface area contributed by atoms with Crippen molar-refractivity contribution in [2.24, 2.45) is 29.4 Å². The Hall–Kier alpha value is -3.79. The fourth-order valence-corrected chi connectivity index (χ4v) is 5.65. The minimum Gasteiger partial charge on any atom is -0.507 e. The maximum Gasteiger partial charge on any atom is 0.235 e. The Morgan fingerprint density at radius 1 is 1.09 bits per heavy atom. The molecule has 0 aliphatic heterocycles. The van der Waals surface area contributed by atoms with E-state index in [2.05, 4.69) is 9.97 Å². The van der Waals surface area contributed by atoms with E-state index in [0.29, 0.717) is 16.8 Å². The van der Waals surface area contributed by atoms with Gasteiger partial charge in [0, 0.05) is 30.3 Å². The van der Waals surface area contributed by atoms with Crippen molar-refractivity contribution >= 4 is 29.0 Å². The van der Waals surface area contributed by atoms with Gasteiger partial charge in [0.05, 0.1) is 23.4 Å². The zero-order valence-electron chi connectivity index (χ0n) is 17.2. The number of phenols is 1. The van der Waals surface area contributed by atoms with E-state index in [9.17, 15) is 34.2 Å². The number of phenolic OH excluding ortho intramolecular Hbond substituents is 1. The van der Waals surface area contributed by atoms with Gasteiger partial charge < -0.3 is 15.9 Å². The largest absolute Gasteiger partial charge is 0.507 e. The number of ketones is 4. The quantitative estimate of drug-likeness (QED) is 0.523. The normalized spacial score (nSPS) is 30.9. The van der Waals surface area contributed by atoms with Crippen LogP contribution >= 0.6 is 0 Å². The number of primary amides is 1. The second-order valence-corrected chi connectivity index (χ2v) is 8.82. The molecule has 5 rings (SSSR count). The molecule has 2 unspecified atom stereocenters. The van der Waals surface area contributed by atoms with Crippen LogP contribution in [0, 0.1) is 23.7 Å².